The van der Waals surface area contributed by atoms with E-state index >= 15 is 0 Å². The van der Waals surface area contributed by atoms with Crippen LogP contribution in [0.3, 0.4) is 0 Å². The highest BCUT2D eigenvalue weighted by Gasteiger charge is 2.72. The lowest BCUT2D eigenvalue weighted by atomic mass is 9.91. The number of hydrogen-bond donors (Lipinski definition) is 2. The molecule has 0 radical (unpaired) electrons. The van der Waals surface area contributed by atoms with E-state index in [1.807, 2.05) is 25.1 Å². The Morgan fingerprint density at radius 2 is 2.08 bits per heavy atom. The van der Waals surface area contributed by atoms with Gasteiger partial charge in [-0.1, -0.05) is 18.9 Å². The SMILES string of the molecule is CCNC(=O)N1CCc2ccc(NC(=O)[C@@]3(C#N)CC34CCCC4)cc21. The monoisotopic (exact) mass is 352 g/mol. The van der Waals surface area contributed by atoms with E-state index < -0.39 is 5.41 Å². The Kier molecular flexibility index (Phi) is 3.91. The first kappa shape index (κ1) is 16.9. The van der Waals surface area contributed by atoms with Crippen molar-refractivity contribution in [3.05, 3.63) is 23.8 Å². The summed E-state index contributed by atoms with van der Waals surface area (Å²) in [6.07, 6.45) is 5.66. The van der Waals surface area contributed by atoms with Crippen LogP contribution in [-0.4, -0.2) is 25.0 Å². The summed E-state index contributed by atoms with van der Waals surface area (Å²) in [5.74, 6) is -0.190. The fourth-order valence-corrected chi connectivity index (χ4v) is 4.80. The van der Waals surface area contributed by atoms with Crippen molar-refractivity contribution < 1.29 is 9.59 Å². The van der Waals surface area contributed by atoms with Crippen molar-refractivity contribution in [3.8, 4) is 6.07 Å². The predicted molar refractivity (Wildman–Crippen MR) is 98.8 cm³/mol. The number of benzene rings is 1. The first-order valence-corrected chi connectivity index (χ1v) is 9.46. The number of anilines is 2. The van der Waals surface area contributed by atoms with Crippen LogP contribution < -0.4 is 15.5 Å². The fourth-order valence-electron chi connectivity index (χ4n) is 4.80. The van der Waals surface area contributed by atoms with Gasteiger partial charge in [-0.2, -0.15) is 5.26 Å². The molecule has 2 fully saturated rings. The van der Waals surface area contributed by atoms with Crippen molar-refractivity contribution in [2.24, 2.45) is 10.8 Å². The normalized spacial score (nSPS) is 24.8. The van der Waals surface area contributed by atoms with Crippen molar-refractivity contribution in [2.75, 3.05) is 23.3 Å². The molecule has 136 valence electrons. The van der Waals surface area contributed by atoms with Crippen molar-refractivity contribution in [1.82, 2.24) is 5.32 Å². The van der Waals surface area contributed by atoms with Gasteiger partial charge in [-0.3, -0.25) is 9.69 Å². The third-order valence-electron chi connectivity index (χ3n) is 6.33. The summed E-state index contributed by atoms with van der Waals surface area (Å²) in [5.41, 5.74) is 1.62. The number of urea groups is 1. The molecule has 3 amide bonds. The molecule has 1 heterocycles. The third kappa shape index (κ3) is 2.38. The van der Waals surface area contributed by atoms with Gasteiger partial charge in [0.15, 0.2) is 0 Å². The van der Waals surface area contributed by atoms with E-state index in [1.54, 1.807) is 4.90 Å². The van der Waals surface area contributed by atoms with Crippen molar-refractivity contribution in [2.45, 2.75) is 45.4 Å². The molecule has 0 unspecified atom stereocenters. The minimum atomic E-state index is -0.873. The minimum absolute atomic E-state index is 0.102. The summed E-state index contributed by atoms with van der Waals surface area (Å²) >= 11 is 0. The van der Waals surface area contributed by atoms with Gasteiger partial charge in [-0.15, -0.1) is 0 Å². The van der Waals surface area contributed by atoms with Crippen LogP contribution >= 0.6 is 0 Å². The molecule has 0 bridgehead atoms. The molecular formula is C20H24N4O2. The maximum absolute atomic E-state index is 12.9. The molecule has 1 spiro atoms. The number of amides is 3. The number of nitriles is 1. The molecule has 4 rings (SSSR count). The second-order valence-electron chi connectivity index (χ2n) is 7.72. The van der Waals surface area contributed by atoms with Crippen molar-refractivity contribution in [3.63, 3.8) is 0 Å². The number of carbonyl (C=O) groups is 2. The van der Waals surface area contributed by atoms with Crippen molar-refractivity contribution >= 4 is 23.3 Å². The highest BCUT2D eigenvalue weighted by Crippen LogP contribution is 2.71. The Balaban J connectivity index is 1.53. The summed E-state index contributed by atoms with van der Waals surface area (Å²) in [7, 11) is 0. The van der Waals surface area contributed by atoms with Crippen LogP contribution in [0.25, 0.3) is 0 Å². The quantitative estimate of drug-likeness (QED) is 0.876. The maximum atomic E-state index is 12.9. The van der Waals surface area contributed by atoms with Gasteiger partial charge in [0.05, 0.1) is 11.8 Å². The van der Waals surface area contributed by atoms with Gasteiger partial charge in [0.2, 0.25) is 5.91 Å². The van der Waals surface area contributed by atoms with Gasteiger partial charge in [0.1, 0.15) is 5.41 Å². The smallest absolute Gasteiger partial charge is 0.321 e. The molecule has 6 nitrogen and oxygen atoms in total. The zero-order valence-corrected chi connectivity index (χ0v) is 15.1. The van der Waals surface area contributed by atoms with Crippen LogP contribution in [0, 0.1) is 22.2 Å². The lowest BCUT2D eigenvalue weighted by molar-refractivity contribution is -0.120. The Hall–Kier alpha value is -2.55. The van der Waals surface area contributed by atoms with Gasteiger partial charge >= 0.3 is 6.03 Å². The molecule has 1 aromatic carbocycles. The molecule has 6 heteroatoms. The molecule has 1 aliphatic heterocycles. The zero-order chi connectivity index (χ0) is 18.4. The highest BCUT2D eigenvalue weighted by molar-refractivity contribution is 6.02. The predicted octanol–water partition coefficient (Wildman–Crippen LogP) is 3.19. The molecule has 0 saturated heterocycles. The Bertz CT molecular complexity index is 807. The number of hydrogen-bond acceptors (Lipinski definition) is 3. The van der Waals surface area contributed by atoms with Gasteiger partial charge in [0.25, 0.3) is 0 Å². The van der Waals surface area contributed by atoms with E-state index in [9.17, 15) is 14.9 Å². The molecule has 26 heavy (non-hydrogen) atoms. The molecule has 2 aliphatic carbocycles. The Labute approximate surface area is 153 Å². The number of rotatable bonds is 3. The van der Waals surface area contributed by atoms with E-state index in [0.717, 1.165) is 43.4 Å². The van der Waals surface area contributed by atoms with Crippen LogP contribution in [0.15, 0.2) is 18.2 Å². The zero-order valence-electron chi connectivity index (χ0n) is 15.1. The van der Waals surface area contributed by atoms with E-state index in [0.29, 0.717) is 25.2 Å². The van der Waals surface area contributed by atoms with Gasteiger partial charge in [0, 0.05) is 24.2 Å². The van der Waals surface area contributed by atoms with Gasteiger partial charge in [-0.05, 0) is 50.3 Å². The number of nitrogens with zero attached hydrogens (tertiary/aromatic N) is 2. The van der Waals surface area contributed by atoms with Crippen LogP contribution in [0.1, 0.15) is 44.6 Å². The van der Waals surface area contributed by atoms with Crippen molar-refractivity contribution in [1.29, 1.82) is 5.26 Å². The van der Waals surface area contributed by atoms with Gasteiger partial charge < -0.3 is 10.6 Å². The van der Waals surface area contributed by atoms with Crippen LogP contribution in [0.4, 0.5) is 16.2 Å². The van der Waals surface area contributed by atoms with Crippen LogP contribution in [0.2, 0.25) is 0 Å². The maximum Gasteiger partial charge on any atom is 0.321 e. The number of fused-ring (bicyclic) bond motifs is 1. The summed E-state index contributed by atoms with van der Waals surface area (Å²) in [6, 6.07) is 7.88. The second-order valence-corrected chi connectivity index (χ2v) is 7.72. The van der Waals surface area contributed by atoms with Gasteiger partial charge in [-0.25, -0.2) is 4.79 Å². The average molecular weight is 352 g/mol. The second kappa shape index (κ2) is 6.01. The summed E-state index contributed by atoms with van der Waals surface area (Å²) in [6.45, 7) is 3.11. The van der Waals surface area contributed by atoms with E-state index in [1.165, 1.54) is 0 Å². The fraction of sp³-hybridized carbons (Fsp3) is 0.550. The molecule has 2 saturated carbocycles. The van der Waals surface area contributed by atoms with Crippen LogP contribution in [-0.2, 0) is 11.2 Å². The number of carbonyl (C=O) groups excluding carboxylic acids is 2. The molecule has 2 N–H and O–H groups in total. The third-order valence-corrected chi connectivity index (χ3v) is 6.33. The Morgan fingerprint density at radius 3 is 2.77 bits per heavy atom. The largest absolute Gasteiger partial charge is 0.338 e. The lowest BCUT2D eigenvalue weighted by Gasteiger charge is -2.19. The minimum Gasteiger partial charge on any atom is -0.338 e. The summed E-state index contributed by atoms with van der Waals surface area (Å²) in [4.78, 5) is 26.8. The summed E-state index contributed by atoms with van der Waals surface area (Å²) in [5, 5.41) is 15.5. The highest BCUT2D eigenvalue weighted by atomic mass is 16.2. The van der Waals surface area contributed by atoms with E-state index in [4.69, 9.17) is 0 Å². The first-order chi connectivity index (χ1) is 12.5. The molecular weight excluding hydrogens is 328 g/mol. The first-order valence-electron chi connectivity index (χ1n) is 9.46. The van der Waals surface area contributed by atoms with E-state index in [2.05, 4.69) is 16.7 Å². The van der Waals surface area contributed by atoms with Crippen LogP contribution in [0.5, 0.6) is 0 Å². The number of nitrogens with one attached hydrogen (secondary N) is 2. The Morgan fingerprint density at radius 1 is 1.31 bits per heavy atom. The molecule has 3 aliphatic rings. The topological polar surface area (TPSA) is 85.2 Å². The average Bonchev–Trinajstić information content (AvgIpc) is 2.92. The molecule has 0 aromatic heterocycles. The lowest BCUT2D eigenvalue weighted by Crippen LogP contribution is -2.38. The van der Waals surface area contributed by atoms with E-state index in [-0.39, 0.29) is 17.4 Å². The summed E-state index contributed by atoms with van der Waals surface area (Å²) < 4.78 is 0. The standard InChI is InChI=1S/C20H24N4O2/c1-2-22-18(26)24-10-7-14-5-6-15(11-16(14)24)23-17(25)20(13-21)12-19(20)8-3-4-9-19/h5-6,11H,2-4,7-10,12H2,1H3,(H,22,26)(H,23,25)/t20-/m0/s1. The molecule has 1 aromatic rings. The molecule has 1 atom stereocenters.